The fraction of sp³-hybridized carbons (Fsp3) is 0.667. The third-order valence-corrected chi connectivity index (χ3v) is 0.876. The molecule has 0 aliphatic heterocycles. The molecule has 0 unspecified atom stereocenters. The van der Waals surface area contributed by atoms with Gasteiger partial charge in [0.2, 0.25) is 0 Å². The molecule has 0 atom stereocenters. The predicted molar refractivity (Wildman–Crippen MR) is 35.9 cm³/mol. The molecule has 0 aromatic heterocycles. The van der Waals surface area contributed by atoms with Crippen LogP contribution in [0.3, 0.4) is 0 Å². The van der Waals surface area contributed by atoms with Crippen molar-refractivity contribution in [1.82, 2.24) is 0 Å². The van der Waals surface area contributed by atoms with Crippen molar-refractivity contribution in [3.63, 3.8) is 0 Å². The Bertz CT molecular complexity index is 160. The molecule has 0 N–H and O–H groups in total. The molecule has 0 aromatic carbocycles. The summed E-state index contributed by atoms with van der Waals surface area (Å²) >= 11 is 0. The van der Waals surface area contributed by atoms with Gasteiger partial charge in [-0.3, -0.25) is 0 Å². The Balaban J connectivity index is 0. The number of aliphatic carboxylic acids is 1. The number of carboxylic acid groups (broad SMARTS) is 1. The van der Waals surface area contributed by atoms with Crippen molar-refractivity contribution in [2.45, 2.75) is 6.92 Å². The maximum atomic E-state index is 10.0. The third kappa shape index (κ3) is 8.00. The van der Waals surface area contributed by atoms with E-state index in [1.807, 2.05) is 0 Å². The van der Waals surface area contributed by atoms with Crippen LogP contribution in [0.4, 0.5) is 0 Å². The minimum Gasteiger partial charge on any atom is -0.543 e. The summed E-state index contributed by atoms with van der Waals surface area (Å²) in [6.07, 6.45) is 0. The van der Waals surface area contributed by atoms with E-state index in [4.69, 9.17) is 0 Å². The standard InChI is InChI=1S/C6H11NO4.Na/c1-5(6(8)9)7-11-4-3-10-2;/h3-4H2,1-2H3,(H,8,9);/q;+1/p-1. The molecule has 0 aliphatic rings. The van der Waals surface area contributed by atoms with Crippen molar-refractivity contribution >= 4 is 11.7 Å². The largest absolute Gasteiger partial charge is 1.00 e. The van der Waals surface area contributed by atoms with E-state index in [-0.39, 0.29) is 41.9 Å². The minimum absolute atomic E-state index is 0. The second-order valence-electron chi connectivity index (χ2n) is 1.79. The minimum atomic E-state index is -1.33. The molecule has 0 saturated carbocycles. The monoisotopic (exact) mass is 183 g/mol. The van der Waals surface area contributed by atoms with Gasteiger partial charge in [0.25, 0.3) is 0 Å². The van der Waals surface area contributed by atoms with Crippen LogP contribution >= 0.6 is 0 Å². The van der Waals surface area contributed by atoms with Gasteiger partial charge in [0, 0.05) is 7.11 Å². The van der Waals surface area contributed by atoms with Gasteiger partial charge >= 0.3 is 29.6 Å². The van der Waals surface area contributed by atoms with Gasteiger partial charge in [-0.25, -0.2) is 0 Å². The van der Waals surface area contributed by atoms with Crippen molar-refractivity contribution in [3.8, 4) is 0 Å². The number of hydrogen-bond acceptors (Lipinski definition) is 5. The van der Waals surface area contributed by atoms with E-state index >= 15 is 0 Å². The molecule has 0 radical (unpaired) electrons. The van der Waals surface area contributed by atoms with Gasteiger partial charge in [-0.15, -0.1) is 0 Å². The molecule has 64 valence electrons. The van der Waals surface area contributed by atoms with Gasteiger partial charge < -0.3 is 19.5 Å². The van der Waals surface area contributed by atoms with E-state index in [2.05, 4.69) is 14.7 Å². The molecule has 0 aliphatic carbocycles. The van der Waals surface area contributed by atoms with Gasteiger partial charge in [-0.05, 0) is 6.92 Å². The van der Waals surface area contributed by atoms with Crippen molar-refractivity contribution in [2.75, 3.05) is 20.3 Å². The van der Waals surface area contributed by atoms with Crippen LogP contribution in [0, 0.1) is 0 Å². The SMILES string of the molecule is COCCON=C(C)C(=O)[O-].[Na+]. The average molecular weight is 183 g/mol. The summed E-state index contributed by atoms with van der Waals surface area (Å²) in [5.41, 5.74) is -0.180. The van der Waals surface area contributed by atoms with Crippen LogP contribution in [-0.4, -0.2) is 32.0 Å². The van der Waals surface area contributed by atoms with Crippen molar-refractivity contribution in [1.29, 1.82) is 0 Å². The first-order valence-electron chi connectivity index (χ1n) is 3.05. The molecule has 0 heterocycles. The Morgan fingerprint density at radius 3 is 2.50 bits per heavy atom. The number of ether oxygens (including phenoxy) is 1. The van der Waals surface area contributed by atoms with Crippen molar-refractivity contribution in [2.24, 2.45) is 5.16 Å². The molecule has 0 rings (SSSR count). The molecular formula is C6H10NNaO4. The van der Waals surface area contributed by atoms with E-state index < -0.39 is 5.97 Å². The Morgan fingerprint density at radius 1 is 1.50 bits per heavy atom. The second-order valence-corrected chi connectivity index (χ2v) is 1.79. The zero-order chi connectivity index (χ0) is 8.69. The maximum Gasteiger partial charge on any atom is 1.00 e. The van der Waals surface area contributed by atoms with E-state index in [0.717, 1.165) is 0 Å². The van der Waals surface area contributed by atoms with Gasteiger partial charge in [-0.1, -0.05) is 5.16 Å². The topological polar surface area (TPSA) is 71.0 Å². The smallest absolute Gasteiger partial charge is 0.543 e. The molecule has 0 spiro atoms. The second kappa shape index (κ2) is 8.99. The summed E-state index contributed by atoms with van der Waals surface area (Å²) in [5, 5.41) is 13.2. The zero-order valence-electron chi connectivity index (χ0n) is 7.49. The van der Waals surface area contributed by atoms with E-state index in [9.17, 15) is 9.90 Å². The van der Waals surface area contributed by atoms with Gasteiger partial charge in [0.1, 0.15) is 6.61 Å². The first kappa shape index (κ1) is 14.4. The molecule has 12 heavy (non-hydrogen) atoms. The number of carboxylic acids is 1. The first-order chi connectivity index (χ1) is 5.18. The molecule has 0 amide bonds. The number of hydrogen-bond donors (Lipinski definition) is 0. The number of oxime groups is 1. The van der Waals surface area contributed by atoms with Crippen molar-refractivity contribution in [3.05, 3.63) is 0 Å². The molecule has 5 nitrogen and oxygen atoms in total. The Labute approximate surface area is 93.0 Å². The van der Waals surface area contributed by atoms with E-state index in [1.165, 1.54) is 14.0 Å². The quantitative estimate of drug-likeness (QED) is 0.187. The van der Waals surface area contributed by atoms with Gasteiger partial charge in [0.05, 0.1) is 18.3 Å². The number of carbonyl (C=O) groups is 1. The van der Waals surface area contributed by atoms with Crippen LogP contribution in [-0.2, 0) is 14.4 Å². The summed E-state index contributed by atoms with van der Waals surface area (Å²) in [6, 6.07) is 0. The molecule has 0 fully saturated rings. The number of methoxy groups -OCH3 is 1. The maximum absolute atomic E-state index is 10.0. The Kier molecular flexibility index (Phi) is 10.8. The Morgan fingerprint density at radius 2 is 2.08 bits per heavy atom. The fourth-order valence-electron chi connectivity index (χ4n) is 0.300. The first-order valence-corrected chi connectivity index (χ1v) is 3.05. The molecule has 0 bridgehead atoms. The van der Waals surface area contributed by atoms with Crippen LogP contribution in [0.1, 0.15) is 6.92 Å². The average Bonchev–Trinajstić information content (AvgIpc) is 1.97. The van der Waals surface area contributed by atoms with Crippen molar-refractivity contribution < 1.29 is 49.0 Å². The number of nitrogens with zero attached hydrogens (tertiary/aromatic N) is 1. The molecule has 0 saturated heterocycles. The summed E-state index contributed by atoms with van der Waals surface area (Å²) in [6.45, 7) is 1.91. The fourth-order valence-corrected chi connectivity index (χ4v) is 0.300. The number of rotatable bonds is 5. The normalized spacial score (nSPS) is 10.3. The predicted octanol–water partition coefficient (Wildman–Crippen LogP) is -4.22. The molecular weight excluding hydrogens is 173 g/mol. The van der Waals surface area contributed by atoms with Crippen LogP contribution in [0.25, 0.3) is 0 Å². The van der Waals surface area contributed by atoms with Gasteiger partial charge in [-0.2, -0.15) is 0 Å². The van der Waals surface area contributed by atoms with Gasteiger partial charge in [0.15, 0.2) is 0 Å². The van der Waals surface area contributed by atoms with Crippen LogP contribution in [0.5, 0.6) is 0 Å². The number of carbonyl (C=O) groups excluding carboxylic acids is 1. The summed E-state index contributed by atoms with van der Waals surface area (Å²) in [4.78, 5) is 14.5. The molecule has 6 heteroatoms. The zero-order valence-corrected chi connectivity index (χ0v) is 9.49. The summed E-state index contributed by atoms with van der Waals surface area (Å²) < 4.78 is 4.63. The van der Waals surface area contributed by atoms with Crippen LogP contribution < -0.4 is 34.7 Å². The Hall–Kier alpha value is -0.100. The summed E-state index contributed by atoms with van der Waals surface area (Å²) in [7, 11) is 1.51. The summed E-state index contributed by atoms with van der Waals surface area (Å²) in [5.74, 6) is -1.33. The van der Waals surface area contributed by atoms with E-state index in [0.29, 0.717) is 6.61 Å². The van der Waals surface area contributed by atoms with E-state index in [1.54, 1.807) is 0 Å². The van der Waals surface area contributed by atoms with Crippen LogP contribution in [0.15, 0.2) is 5.16 Å². The van der Waals surface area contributed by atoms with Crippen LogP contribution in [0.2, 0.25) is 0 Å². The third-order valence-electron chi connectivity index (χ3n) is 0.876. The molecule has 0 aromatic rings.